The Morgan fingerprint density at radius 2 is 1.75 bits per heavy atom. The first-order valence-electron chi connectivity index (χ1n) is 6.22. The molecule has 0 bridgehead atoms. The fourth-order valence-electron chi connectivity index (χ4n) is 2.02. The van der Waals surface area contributed by atoms with Crippen molar-refractivity contribution < 1.29 is 4.42 Å². The van der Waals surface area contributed by atoms with Gasteiger partial charge in [-0.15, -0.1) is 0 Å². The van der Waals surface area contributed by atoms with Crippen molar-refractivity contribution >= 4 is 22.0 Å². The maximum Gasteiger partial charge on any atom is 0.227 e. The maximum absolute atomic E-state index is 5.81. The zero-order valence-corrected chi connectivity index (χ0v) is 12.3. The van der Waals surface area contributed by atoms with E-state index in [-0.39, 0.29) is 0 Å². The summed E-state index contributed by atoms with van der Waals surface area (Å²) in [5.41, 5.74) is 2.77. The number of halogens is 1. The van der Waals surface area contributed by atoms with Gasteiger partial charge < -0.3 is 4.42 Å². The molecule has 0 amide bonds. The largest absolute Gasteiger partial charge is 0.436 e. The van der Waals surface area contributed by atoms with Crippen molar-refractivity contribution in [2.75, 3.05) is 0 Å². The first-order chi connectivity index (χ1) is 9.78. The Balaban J connectivity index is 2.12. The first kappa shape index (κ1) is 12.9. The summed E-state index contributed by atoms with van der Waals surface area (Å²) in [5.74, 6) is 1.28. The van der Waals surface area contributed by atoms with Gasteiger partial charge in [0.1, 0.15) is 5.69 Å². The second kappa shape index (κ2) is 5.47. The van der Waals surface area contributed by atoms with E-state index in [1.54, 1.807) is 6.08 Å². The van der Waals surface area contributed by atoms with Gasteiger partial charge in [0.15, 0.2) is 5.76 Å². The third kappa shape index (κ3) is 2.45. The first-order valence-corrected chi connectivity index (χ1v) is 7.02. The summed E-state index contributed by atoms with van der Waals surface area (Å²) in [4.78, 5) is 4.60. The van der Waals surface area contributed by atoms with Crippen LogP contribution in [-0.4, -0.2) is 4.98 Å². The molecule has 3 aromatic rings. The molecule has 0 N–H and O–H groups in total. The van der Waals surface area contributed by atoms with Crippen LogP contribution in [0.25, 0.3) is 28.8 Å². The molecule has 0 aliphatic carbocycles. The second-order valence-electron chi connectivity index (χ2n) is 4.31. The Kier molecular flexibility index (Phi) is 3.52. The molecule has 20 heavy (non-hydrogen) atoms. The summed E-state index contributed by atoms with van der Waals surface area (Å²) < 4.78 is 6.80. The lowest BCUT2D eigenvalue weighted by Crippen LogP contribution is -1.81. The summed E-state index contributed by atoms with van der Waals surface area (Å²) >= 11 is 3.46. The lowest BCUT2D eigenvalue weighted by atomic mass is 10.1. The second-order valence-corrected chi connectivity index (χ2v) is 5.23. The fraction of sp³-hybridized carbons (Fsp3) is 0. The average molecular weight is 326 g/mol. The Morgan fingerprint density at radius 3 is 2.45 bits per heavy atom. The maximum atomic E-state index is 5.81. The van der Waals surface area contributed by atoms with Crippen LogP contribution in [0.5, 0.6) is 0 Å². The van der Waals surface area contributed by atoms with Gasteiger partial charge in [-0.3, -0.25) is 0 Å². The lowest BCUT2D eigenvalue weighted by molar-refractivity contribution is 0.565. The molecule has 3 heteroatoms. The third-order valence-electron chi connectivity index (χ3n) is 2.96. The molecule has 0 fully saturated rings. The smallest absolute Gasteiger partial charge is 0.227 e. The van der Waals surface area contributed by atoms with E-state index in [0.717, 1.165) is 21.3 Å². The minimum absolute atomic E-state index is 0.597. The van der Waals surface area contributed by atoms with Gasteiger partial charge >= 0.3 is 0 Å². The number of hydrogen-bond donors (Lipinski definition) is 0. The van der Waals surface area contributed by atoms with Crippen LogP contribution in [0, 0.1) is 0 Å². The van der Waals surface area contributed by atoms with Crippen LogP contribution in [0.3, 0.4) is 0 Å². The predicted octanol–water partition coefficient (Wildman–Crippen LogP) is 5.41. The van der Waals surface area contributed by atoms with Crippen molar-refractivity contribution in [1.82, 2.24) is 4.98 Å². The highest BCUT2D eigenvalue weighted by Crippen LogP contribution is 2.30. The van der Waals surface area contributed by atoms with Gasteiger partial charge in [-0.05, 0) is 24.3 Å². The van der Waals surface area contributed by atoms with Gasteiger partial charge in [0, 0.05) is 15.6 Å². The molecular weight excluding hydrogens is 314 g/mol. The molecule has 1 heterocycles. The Labute approximate surface area is 125 Å². The molecule has 0 atom stereocenters. The van der Waals surface area contributed by atoms with E-state index in [4.69, 9.17) is 4.42 Å². The molecular formula is C17H12BrNO. The van der Waals surface area contributed by atoms with Crippen molar-refractivity contribution in [3.63, 3.8) is 0 Å². The normalized spacial score (nSPS) is 10.4. The van der Waals surface area contributed by atoms with Crippen LogP contribution in [0.4, 0.5) is 0 Å². The van der Waals surface area contributed by atoms with Crippen LogP contribution in [0.1, 0.15) is 5.76 Å². The number of rotatable bonds is 3. The summed E-state index contributed by atoms with van der Waals surface area (Å²) in [6.45, 7) is 3.80. The molecule has 0 aliphatic heterocycles. The minimum Gasteiger partial charge on any atom is -0.436 e. The van der Waals surface area contributed by atoms with Crippen molar-refractivity contribution in [2.45, 2.75) is 0 Å². The summed E-state index contributed by atoms with van der Waals surface area (Å²) in [5, 5.41) is 0. The molecule has 2 aromatic carbocycles. The number of benzene rings is 2. The van der Waals surface area contributed by atoms with Gasteiger partial charge in [-0.1, -0.05) is 58.9 Å². The molecule has 1 aromatic heterocycles. The van der Waals surface area contributed by atoms with E-state index >= 15 is 0 Å². The fourth-order valence-corrected chi connectivity index (χ4v) is 2.42. The molecule has 2 nitrogen and oxygen atoms in total. The van der Waals surface area contributed by atoms with Gasteiger partial charge in [-0.25, -0.2) is 4.98 Å². The van der Waals surface area contributed by atoms with Crippen molar-refractivity contribution in [3.8, 4) is 22.7 Å². The van der Waals surface area contributed by atoms with Crippen molar-refractivity contribution in [3.05, 3.63) is 71.4 Å². The molecule has 0 aliphatic rings. The zero-order chi connectivity index (χ0) is 13.9. The number of aromatic nitrogens is 1. The molecule has 0 unspecified atom stereocenters. The molecule has 98 valence electrons. The van der Waals surface area contributed by atoms with Crippen LogP contribution < -0.4 is 0 Å². The average Bonchev–Trinajstić information content (AvgIpc) is 2.92. The summed E-state index contributed by atoms with van der Waals surface area (Å²) in [6, 6.07) is 17.8. The van der Waals surface area contributed by atoms with Crippen LogP contribution in [0.15, 0.2) is 70.1 Å². The molecule has 0 saturated carbocycles. The summed E-state index contributed by atoms with van der Waals surface area (Å²) in [7, 11) is 0. The zero-order valence-electron chi connectivity index (χ0n) is 10.7. The van der Waals surface area contributed by atoms with Crippen LogP contribution >= 0.6 is 15.9 Å². The van der Waals surface area contributed by atoms with E-state index in [1.165, 1.54) is 0 Å². The van der Waals surface area contributed by atoms with E-state index < -0.39 is 0 Å². The monoisotopic (exact) mass is 325 g/mol. The highest BCUT2D eigenvalue weighted by molar-refractivity contribution is 9.10. The Morgan fingerprint density at radius 1 is 1.00 bits per heavy atom. The van der Waals surface area contributed by atoms with E-state index in [9.17, 15) is 0 Å². The van der Waals surface area contributed by atoms with Crippen LogP contribution in [0.2, 0.25) is 0 Å². The quantitative estimate of drug-likeness (QED) is 0.643. The van der Waals surface area contributed by atoms with Crippen molar-refractivity contribution in [1.29, 1.82) is 0 Å². The highest BCUT2D eigenvalue weighted by atomic mass is 79.9. The molecule has 0 radical (unpaired) electrons. The Hall–Kier alpha value is -2.13. The van der Waals surface area contributed by atoms with E-state index in [1.807, 2.05) is 54.6 Å². The van der Waals surface area contributed by atoms with Crippen LogP contribution in [-0.2, 0) is 0 Å². The van der Waals surface area contributed by atoms with Gasteiger partial charge in [0.05, 0.1) is 0 Å². The topological polar surface area (TPSA) is 26.0 Å². The van der Waals surface area contributed by atoms with Crippen molar-refractivity contribution in [2.24, 2.45) is 0 Å². The lowest BCUT2D eigenvalue weighted by Gasteiger charge is -1.96. The van der Waals surface area contributed by atoms with E-state index in [0.29, 0.717) is 11.7 Å². The number of hydrogen-bond acceptors (Lipinski definition) is 2. The predicted molar refractivity (Wildman–Crippen MR) is 85.2 cm³/mol. The molecule has 0 saturated heterocycles. The summed E-state index contributed by atoms with van der Waals surface area (Å²) in [6.07, 6.45) is 1.69. The van der Waals surface area contributed by atoms with E-state index in [2.05, 4.69) is 27.5 Å². The third-order valence-corrected chi connectivity index (χ3v) is 3.45. The number of oxazole rings is 1. The highest BCUT2D eigenvalue weighted by Gasteiger charge is 2.14. The Bertz CT molecular complexity index is 747. The van der Waals surface area contributed by atoms with Gasteiger partial charge in [-0.2, -0.15) is 0 Å². The van der Waals surface area contributed by atoms with Gasteiger partial charge in [0.25, 0.3) is 0 Å². The SMILES string of the molecule is C=Cc1oc(-c2cccc(Br)c2)nc1-c1ccccc1. The minimum atomic E-state index is 0.597. The molecule has 0 spiro atoms. The number of nitrogens with zero attached hydrogens (tertiary/aromatic N) is 1. The standard InChI is InChI=1S/C17H12BrNO/c1-2-15-16(12-7-4-3-5-8-12)19-17(20-15)13-9-6-10-14(18)11-13/h2-11H,1H2. The molecule has 3 rings (SSSR count). The van der Waals surface area contributed by atoms with Gasteiger partial charge in [0.2, 0.25) is 5.89 Å².